The number of aromatic nitrogens is 1. The van der Waals surface area contributed by atoms with Crippen LogP contribution in [0, 0.1) is 17.2 Å². The second-order valence-corrected chi connectivity index (χ2v) is 6.87. The predicted molar refractivity (Wildman–Crippen MR) is 89.4 cm³/mol. The summed E-state index contributed by atoms with van der Waals surface area (Å²) in [6.45, 7) is 0.417. The molecule has 2 aliphatic rings. The number of fused-ring (bicyclic) bond motifs is 1. The van der Waals surface area contributed by atoms with Crippen molar-refractivity contribution in [1.82, 2.24) is 9.88 Å². The first-order chi connectivity index (χ1) is 12.2. The average Bonchev–Trinajstić information content (AvgIpc) is 3.33. The summed E-state index contributed by atoms with van der Waals surface area (Å²) in [6.07, 6.45) is 4.49. The lowest BCUT2D eigenvalue weighted by Gasteiger charge is -2.24. The zero-order valence-corrected chi connectivity index (χ0v) is 13.9. The monoisotopic (exact) mass is 337 g/mol. The fourth-order valence-electron chi connectivity index (χ4n) is 3.98. The lowest BCUT2D eigenvalue weighted by atomic mass is 9.92. The maximum absolute atomic E-state index is 12.9. The van der Waals surface area contributed by atoms with Crippen LogP contribution in [0.25, 0.3) is 11.1 Å². The van der Waals surface area contributed by atoms with Crippen LogP contribution in [-0.4, -0.2) is 34.2 Å². The molecule has 2 aromatic rings. The highest BCUT2D eigenvalue weighted by molar-refractivity contribution is 5.95. The Bertz CT molecular complexity index is 827. The summed E-state index contributed by atoms with van der Waals surface area (Å²) in [5, 5.41) is 9.51. The molecule has 2 heterocycles. The number of para-hydroxylation sites is 2. The molecule has 25 heavy (non-hydrogen) atoms. The third-order valence-electron chi connectivity index (χ3n) is 5.30. The van der Waals surface area contributed by atoms with E-state index in [0.717, 1.165) is 25.7 Å². The Morgan fingerprint density at radius 1 is 1.32 bits per heavy atom. The van der Waals surface area contributed by atoms with E-state index >= 15 is 0 Å². The SMILES string of the molecule is N#C[C@H](C(=O)[C@@H]1CC(=O)N(C2CCCC2)C1)c1nc2ccccc2o1. The summed E-state index contributed by atoms with van der Waals surface area (Å²) >= 11 is 0. The number of oxazole rings is 1. The number of Topliss-reactive ketones (excluding diaryl/α,β-unsaturated/α-hetero) is 1. The Hall–Kier alpha value is -2.68. The highest BCUT2D eigenvalue weighted by Gasteiger charge is 2.42. The van der Waals surface area contributed by atoms with Gasteiger partial charge in [-0.2, -0.15) is 5.26 Å². The standard InChI is InChI=1S/C19H19N3O3/c20-10-14(19-21-15-7-3-4-8-16(15)25-19)18(24)12-9-17(23)22(11-12)13-5-1-2-6-13/h3-4,7-8,12-14H,1-2,5-6,9,11H2/t12-,14-/m1/s1. The minimum atomic E-state index is -1.06. The van der Waals surface area contributed by atoms with Gasteiger partial charge < -0.3 is 9.32 Å². The van der Waals surface area contributed by atoms with E-state index in [2.05, 4.69) is 4.98 Å². The Morgan fingerprint density at radius 3 is 2.80 bits per heavy atom. The van der Waals surface area contributed by atoms with Gasteiger partial charge in [-0.25, -0.2) is 4.98 Å². The summed E-state index contributed by atoms with van der Waals surface area (Å²) in [7, 11) is 0. The van der Waals surface area contributed by atoms with Crippen molar-refractivity contribution in [2.45, 2.75) is 44.1 Å². The highest BCUT2D eigenvalue weighted by atomic mass is 16.3. The number of ketones is 1. The van der Waals surface area contributed by atoms with Crippen molar-refractivity contribution in [2.24, 2.45) is 5.92 Å². The molecule has 1 saturated heterocycles. The van der Waals surface area contributed by atoms with Gasteiger partial charge in [-0.1, -0.05) is 25.0 Å². The minimum absolute atomic E-state index is 0.0273. The van der Waals surface area contributed by atoms with Crippen molar-refractivity contribution in [3.8, 4) is 6.07 Å². The molecule has 0 radical (unpaired) electrons. The topological polar surface area (TPSA) is 87.2 Å². The molecule has 2 atom stereocenters. The molecule has 128 valence electrons. The smallest absolute Gasteiger partial charge is 0.223 e. The van der Waals surface area contributed by atoms with Crippen molar-refractivity contribution in [3.05, 3.63) is 30.2 Å². The number of amides is 1. The molecule has 0 spiro atoms. The molecule has 6 nitrogen and oxygen atoms in total. The number of carbonyl (C=O) groups excluding carboxylic acids is 2. The molecule has 2 fully saturated rings. The molecule has 0 unspecified atom stereocenters. The highest BCUT2D eigenvalue weighted by Crippen LogP contribution is 2.32. The van der Waals surface area contributed by atoms with Crippen LogP contribution in [0.1, 0.15) is 43.9 Å². The number of carbonyl (C=O) groups is 2. The van der Waals surface area contributed by atoms with Crippen LogP contribution < -0.4 is 0 Å². The summed E-state index contributed by atoms with van der Waals surface area (Å²) < 4.78 is 5.60. The van der Waals surface area contributed by atoms with Gasteiger partial charge in [0.1, 0.15) is 5.52 Å². The first kappa shape index (κ1) is 15.8. The maximum Gasteiger partial charge on any atom is 0.223 e. The van der Waals surface area contributed by atoms with Crippen molar-refractivity contribution >= 4 is 22.8 Å². The number of benzene rings is 1. The molecule has 1 saturated carbocycles. The van der Waals surface area contributed by atoms with Crippen LogP contribution in [0.15, 0.2) is 28.7 Å². The number of nitriles is 1. The van der Waals surface area contributed by atoms with E-state index in [9.17, 15) is 14.9 Å². The van der Waals surface area contributed by atoms with Crippen LogP contribution in [0.5, 0.6) is 0 Å². The van der Waals surface area contributed by atoms with Gasteiger partial charge >= 0.3 is 0 Å². The van der Waals surface area contributed by atoms with Gasteiger partial charge in [0, 0.05) is 24.9 Å². The summed E-state index contributed by atoms with van der Waals surface area (Å²) in [4.78, 5) is 31.3. The average molecular weight is 337 g/mol. The molecule has 1 aromatic heterocycles. The van der Waals surface area contributed by atoms with Gasteiger partial charge in [0.25, 0.3) is 0 Å². The van der Waals surface area contributed by atoms with Crippen LogP contribution in [0.4, 0.5) is 0 Å². The molecule has 1 aromatic carbocycles. The number of hydrogen-bond acceptors (Lipinski definition) is 5. The van der Waals surface area contributed by atoms with Crippen molar-refractivity contribution < 1.29 is 14.0 Å². The van der Waals surface area contributed by atoms with Gasteiger partial charge in [-0.15, -0.1) is 0 Å². The van der Waals surface area contributed by atoms with Crippen molar-refractivity contribution in [1.29, 1.82) is 5.26 Å². The predicted octanol–water partition coefficient (Wildman–Crippen LogP) is 2.80. The van der Waals surface area contributed by atoms with Crippen LogP contribution in [0.2, 0.25) is 0 Å². The second-order valence-electron chi connectivity index (χ2n) is 6.87. The van der Waals surface area contributed by atoms with E-state index in [1.165, 1.54) is 0 Å². The molecule has 1 amide bonds. The van der Waals surface area contributed by atoms with E-state index in [1.807, 2.05) is 23.1 Å². The summed E-state index contributed by atoms with van der Waals surface area (Å²) in [5.41, 5.74) is 1.18. The molecule has 4 rings (SSSR count). The van der Waals surface area contributed by atoms with Crippen LogP contribution in [-0.2, 0) is 9.59 Å². The normalized spacial score (nSPS) is 22.4. The number of rotatable bonds is 4. The molecule has 1 aliphatic carbocycles. The summed E-state index contributed by atoms with van der Waals surface area (Å²) in [6, 6.07) is 9.46. The molecule has 0 N–H and O–H groups in total. The molecule has 6 heteroatoms. The Labute approximate surface area is 145 Å². The Kier molecular flexibility index (Phi) is 4.00. The van der Waals surface area contributed by atoms with E-state index in [-0.39, 0.29) is 30.0 Å². The van der Waals surface area contributed by atoms with Crippen LogP contribution in [0.3, 0.4) is 0 Å². The third kappa shape index (κ3) is 2.80. The quantitative estimate of drug-likeness (QED) is 0.856. The van der Waals surface area contributed by atoms with E-state index in [0.29, 0.717) is 17.6 Å². The van der Waals surface area contributed by atoms with Crippen molar-refractivity contribution in [2.75, 3.05) is 6.54 Å². The second kappa shape index (κ2) is 6.32. The van der Waals surface area contributed by atoms with Gasteiger partial charge in [-0.05, 0) is 25.0 Å². The molecule has 0 bridgehead atoms. The van der Waals surface area contributed by atoms with Gasteiger partial charge in [0.05, 0.1) is 6.07 Å². The van der Waals surface area contributed by atoms with Crippen LogP contribution >= 0.6 is 0 Å². The summed E-state index contributed by atoms with van der Waals surface area (Å²) in [5.74, 6) is -1.62. The van der Waals surface area contributed by atoms with Gasteiger partial charge in [-0.3, -0.25) is 9.59 Å². The van der Waals surface area contributed by atoms with Gasteiger partial charge in [0.15, 0.2) is 17.3 Å². The lowest BCUT2D eigenvalue weighted by molar-refractivity contribution is -0.130. The lowest BCUT2D eigenvalue weighted by Crippen LogP contribution is -2.35. The number of nitrogens with zero attached hydrogens (tertiary/aromatic N) is 3. The fourth-order valence-corrected chi connectivity index (χ4v) is 3.98. The van der Waals surface area contributed by atoms with E-state index in [1.54, 1.807) is 12.1 Å². The molecule has 1 aliphatic heterocycles. The Morgan fingerprint density at radius 2 is 2.08 bits per heavy atom. The minimum Gasteiger partial charge on any atom is -0.439 e. The largest absolute Gasteiger partial charge is 0.439 e. The van der Waals surface area contributed by atoms with Gasteiger partial charge in [0.2, 0.25) is 11.8 Å². The third-order valence-corrected chi connectivity index (χ3v) is 5.30. The fraction of sp³-hybridized carbons (Fsp3) is 0.474. The first-order valence-corrected chi connectivity index (χ1v) is 8.75. The number of likely N-dealkylation sites (tertiary alicyclic amines) is 1. The Balaban J connectivity index is 1.54. The molecular formula is C19H19N3O3. The first-order valence-electron chi connectivity index (χ1n) is 8.75. The van der Waals surface area contributed by atoms with E-state index < -0.39 is 11.8 Å². The molecular weight excluding hydrogens is 318 g/mol. The number of hydrogen-bond donors (Lipinski definition) is 0. The van der Waals surface area contributed by atoms with E-state index in [4.69, 9.17) is 4.42 Å². The zero-order valence-electron chi connectivity index (χ0n) is 13.9. The maximum atomic E-state index is 12.9. The van der Waals surface area contributed by atoms with Crippen molar-refractivity contribution in [3.63, 3.8) is 0 Å². The zero-order chi connectivity index (χ0) is 17.4.